The van der Waals surface area contributed by atoms with Crippen LogP contribution in [0.25, 0.3) is 0 Å². The summed E-state index contributed by atoms with van der Waals surface area (Å²) >= 11 is 4.81. The van der Waals surface area contributed by atoms with Gasteiger partial charge in [-0.05, 0) is 36.4 Å². The van der Waals surface area contributed by atoms with Crippen molar-refractivity contribution in [2.45, 2.75) is 9.79 Å². The van der Waals surface area contributed by atoms with Crippen LogP contribution >= 0.6 is 27.7 Å². The summed E-state index contributed by atoms with van der Waals surface area (Å²) in [5.74, 6) is 0.311. The summed E-state index contributed by atoms with van der Waals surface area (Å²) < 4.78 is 41.4. The molecule has 0 aromatic heterocycles. The molecule has 4 nitrogen and oxygen atoms in total. The van der Waals surface area contributed by atoms with Gasteiger partial charge in [0.05, 0.1) is 10.6 Å². The average molecular weight is 403 g/mol. The number of rotatable bonds is 3. The van der Waals surface area contributed by atoms with Crippen molar-refractivity contribution in [2.75, 3.05) is 22.3 Å². The van der Waals surface area contributed by atoms with Crippen LogP contribution in [0.15, 0.2) is 50.7 Å². The summed E-state index contributed by atoms with van der Waals surface area (Å²) in [5, 5.41) is 3.16. The largest absolute Gasteiger partial charge is 0.383 e. The van der Waals surface area contributed by atoms with Crippen LogP contribution in [0.1, 0.15) is 0 Å². The lowest BCUT2D eigenvalue weighted by Gasteiger charge is -2.18. The van der Waals surface area contributed by atoms with Crippen molar-refractivity contribution in [3.63, 3.8) is 0 Å². The summed E-state index contributed by atoms with van der Waals surface area (Å²) in [6.07, 6.45) is 0. The minimum absolute atomic E-state index is 0.0803. The van der Waals surface area contributed by atoms with E-state index >= 15 is 0 Å². The van der Waals surface area contributed by atoms with Crippen LogP contribution in [0, 0.1) is 5.82 Å². The Hall–Kier alpha value is -1.25. The highest BCUT2D eigenvalue weighted by atomic mass is 79.9. The summed E-state index contributed by atoms with van der Waals surface area (Å²) in [5.41, 5.74) is 0.707. The highest BCUT2D eigenvalue weighted by Crippen LogP contribution is 2.33. The van der Waals surface area contributed by atoms with Crippen molar-refractivity contribution in [3.05, 3.63) is 46.7 Å². The fourth-order valence-corrected chi connectivity index (χ4v) is 4.36. The third kappa shape index (κ3) is 3.23. The SMILES string of the molecule is O=S(=O)(Nc1ccc(Br)cc1F)c1ccc2c(c1)NCCS2. The maximum Gasteiger partial charge on any atom is 0.262 e. The number of hydrogen-bond donors (Lipinski definition) is 2. The van der Waals surface area contributed by atoms with Crippen LogP contribution < -0.4 is 10.0 Å². The van der Waals surface area contributed by atoms with E-state index in [1.165, 1.54) is 18.2 Å². The molecule has 1 aliphatic heterocycles. The van der Waals surface area contributed by atoms with Gasteiger partial charge < -0.3 is 5.32 Å². The van der Waals surface area contributed by atoms with E-state index in [2.05, 4.69) is 26.0 Å². The Morgan fingerprint density at radius 2 is 2.05 bits per heavy atom. The molecule has 0 bridgehead atoms. The van der Waals surface area contributed by atoms with E-state index in [1.807, 2.05) is 0 Å². The third-order valence-corrected chi connectivity index (χ3v) is 6.04. The van der Waals surface area contributed by atoms with Crippen molar-refractivity contribution in [2.24, 2.45) is 0 Å². The molecule has 2 N–H and O–H groups in total. The van der Waals surface area contributed by atoms with E-state index < -0.39 is 15.8 Å². The van der Waals surface area contributed by atoms with E-state index in [-0.39, 0.29) is 10.6 Å². The molecule has 22 heavy (non-hydrogen) atoms. The van der Waals surface area contributed by atoms with Gasteiger partial charge in [-0.25, -0.2) is 12.8 Å². The van der Waals surface area contributed by atoms with Crippen molar-refractivity contribution >= 4 is 49.1 Å². The number of anilines is 2. The Balaban J connectivity index is 1.92. The van der Waals surface area contributed by atoms with Crippen LogP contribution in [0.3, 0.4) is 0 Å². The highest BCUT2D eigenvalue weighted by Gasteiger charge is 2.19. The molecule has 1 heterocycles. The second kappa shape index (κ2) is 6.10. The van der Waals surface area contributed by atoms with Crippen molar-refractivity contribution < 1.29 is 12.8 Å². The summed E-state index contributed by atoms with van der Waals surface area (Å²) in [6.45, 7) is 0.788. The van der Waals surface area contributed by atoms with Gasteiger partial charge in [-0.1, -0.05) is 15.9 Å². The van der Waals surface area contributed by atoms with E-state index in [0.29, 0.717) is 4.47 Å². The normalized spacial score (nSPS) is 14.1. The van der Waals surface area contributed by atoms with Crippen molar-refractivity contribution in [1.82, 2.24) is 0 Å². The number of halogens is 2. The molecular formula is C14H12BrFN2O2S2. The van der Waals surface area contributed by atoms with Gasteiger partial charge in [0, 0.05) is 27.4 Å². The van der Waals surface area contributed by atoms with Crippen LogP contribution in [-0.4, -0.2) is 20.7 Å². The summed E-state index contributed by atoms with van der Waals surface area (Å²) in [7, 11) is -3.84. The number of sulfonamides is 1. The molecule has 2 aromatic carbocycles. The van der Waals surface area contributed by atoms with Gasteiger partial charge in [0.25, 0.3) is 10.0 Å². The van der Waals surface area contributed by atoms with E-state index in [4.69, 9.17) is 0 Å². The molecule has 0 spiro atoms. The van der Waals surface area contributed by atoms with Crippen molar-refractivity contribution in [3.8, 4) is 0 Å². The highest BCUT2D eigenvalue weighted by molar-refractivity contribution is 9.10. The molecule has 0 amide bonds. The van der Waals surface area contributed by atoms with Crippen LogP contribution in [0.4, 0.5) is 15.8 Å². The number of benzene rings is 2. The Kier molecular flexibility index (Phi) is 4.33. The topological polar surface area (TPSA) is 58.2 Å². The quantitative estimate of drug-likeness (QED) is 0.816. The molecule has 3 rings (SSSR count). The Morgan fingerprint density at radius 1 is 1.23 bits per heavy atom. The Morgan fingerprint density at radius 3 is 2.82 bits per heavy atom. The third-order valence-electron chi connectivity index (χ3n) is 3.11. The van der Waals surface area contributed by atoms with Crippen LogP contribution in [0.2, 0.25) is 0 Å². The Bertz CT molecular complexity index is 828. The lowest BCUT2D eigenvalue weighted by molar-refractivity contribution is 0.598. The molecule has 0 unspecified atom stereocenters. The van der Waals surface area contributed by atoms with Crippen molar-refractivity contribution in [1.29, 1.82) is 0 Å². The monoisotopic (exact) mass is 402 g/mol. The van der Waals surface area contributed by atoms with Gasteiger partial charge in [-0.15, -0.1) is 11.8 Å². The second-order valence-electron chi connectivity index (χ2n) is 4.66. The molecule has 0 atom stereocenters. The van der Waals surface area contributed by atoms with Crippen LogP contribution in [0.5, 0.6) is 0 Å². The molecule has 0 saturated heterocycles. The second-order valence-corrected chi connectivity index (χ2v) is 8.40. The summed E-state index contributed by atoms with van der Waals surface area (Å²) in [6, 6.07) is 9.02. The maximum absolute atomic E-state index is 13.8. The first-order valence-electron chi connectivity index (χ1n) is 6.44. The smallest absolute Gasteiger partial charge is 0.262 e. The zero-order valence-electron chi connectivity index (χ0n) is 11.3. The average Bonchev–Trinajstić information content (AvgIpc) is 2.49. The summed E-state index contributed by atoms with van der Waals surface area (Å²) in [4.78, 5) is 1.11. The molecule has 1 aliphatic rings. The van der Waals surface area contributed by atoms with E-state index in [0.717, 1.165) is 22.9 Å². The van der Waals surface area contributed by atoms with Gasteiger partial charge in [0.1, 0.15) is 5.82 Å². The fourth-order valence-electron chi connectivity index (χ4n) is 2.06. The van der Waals surface area contributed by atoms with Gasteiger partial charge >= 0.3 is 0 Å². The zero-order chi connectivity index (χ0) is 15.7. The molecule has 0 aliphatic carbocycles. The standard InChI is InChI=1S/C14H12BrFN2O2S2/c15-9-1-3-12(11(16)7-9)18-22(19,20)10-2-4-14-13(8-10)17-5-6-21-14/h1-4,7-8,17-18H,5-6H2. The first kappa shape index (κ1) is 15.6. The molecular weight excluding hydrogens is 391 g/mol. The molecule has 0 fully saturated rings. The number of fused-ring (bicyclic) bond motifs is 1. The minimum Gasteiger partial charge on any atom is -0.383 e. The van der Waals surface area contributed by atoms with Gasteiger partial charge in [-0.2, -0.15) is 0 Å². The number of nitrogens with one attached hydrogen (secondary N) is 2. The van der Waals surface area contributed by atoms with E-state index in [1.54, 1.807) is 30.0 Å². The Labute approximate surface area is 140 Å². The van der Waals surface area contributed by atoms with Crippen LogP contribution in [-0.2, 0) is 10.0 Å². The first-order chi connectivity index (χ1) is 10.5. The fraction of sp³-hybridized carbons (Fsp3) is 0.143. The zero-order valence-corrected chi connectivity index (χ0v) is 14.5. The van der Waals surface area contributed by atoms with Gasteiger partial charge in [-0.3, -0.25) is 4.72 Å². The minimum atomic E-state index is -3.84. The predicted molar refractivity (Wildman–Crippen MR) is 90.6 cm³/mol. The maximum atomic E-state index is 13.8. The van der Waals surface area contributed by atoms with Gasteiger partial charge in [0.15, 0.2) is 0 Å². The number of thioether (sulfide) groups is 1. The molecule has 0 radical (unpaired) electrons. The predicted octanol–water partition coefficient (Wildman–Crippen LogP) is 3.91. The molecule has 2 aromatic rings. The first-order valence-corrected chi connectivity index (χ1v) is 9.70. The lowest BCUT2D eigenvalue weighted by atomic mass is 10.3. The molecule has 116 valence electrons. The van der Waals surface area contributed by atoms with E-state index in [9.17, 15) is 12.8 Å². The molecule has 0 saturated carbocycles. The lowest BCUT2D eigenvalue weighted by Crippen LogP contribution is -2.16. The number of hydrogen-bond acceptors (Lipinski definition) is 4. The molecule has 8 heteroatoms. The van der Waals surface area contributed by atoms with Gasteiger partial charge in [0.2, 0.25) is 0 Å².